The van der Waals surface area contributed by atoms with Crippen LogP contribution in [0.25, 0.3) is 0 Å². The van der Waals surface area contributed by atoms with Crippen molar-refractivity contribution >= 4 is 39.6 Å². The van der Waals surface area contributed by atoms with E-state index in [9.17, 15) is 19.2 Å². The molecule has 24 heavy (non-hydrogen) atoms. The molecule has 1 aromatic rings. The van der Waals surface area contributed by atoms with Crippen molar-refractivity contribution in [3.63, 3.8) is 0 Å². The zero-order valence-electron chi connectivity index (χ0n) is 12.7. The fourth-order valence-electron chi connectivity index (χ4n) is 2.78. The van der Waals surface area contributed by atoms with Crippen LogP contribution in [0, 0.1) is 0 Å². The first-order chi connectivity index (χ1) is 11.5. The lowest BCUT2D eigenvalue weighted by molar-refractivity contribution is -0.136. The number of fused-ring (bicyclic) bond motifs is 1. The van der Waals surface area contributed by atoms with E-state index >= 15 is 0 Å². The maximum atomic E-state index is 12.6. The van der Waals surface area contributed by atoms with Crippen LogP contribution in [0.4, 0.5) is 0 Å². The van der Waals surface area contributed by atoms with E-state index in [0.29, 0.717) is 12.4 Å². The second kappa shape index (κ2) is 6.72. The summed E-state index contributed by atoms with van der Waals surface area (Å²) in [5.74, 6) is -1.56. The Bertz CT molecular complexity index is 733. The molecular weight excluding hydrogens is 380 g/mol. The highest BCUT2D eigenvalue weighted by Crippen LogP contribution is 2.30. The van der Waals surface area contributed by atoms with Crippen LogP contribution >= 0.6 is 15.9 Å². The molecule has 1 N–H and O–H groups in total. The van der Waals surface area contributed by atoms with E-state index < -0.39 is 29.7 Å². The van der Waals surface area contributed by atoms with E-state index in [1.165, 1.54) is 12.1 Å². The summed E-state index contributed by atoms with van der Waals surface area (Å²) >= 11 is 3.30. The fourth-order valence-corrected chi connectivity index (χ4v) is 3.01. The van der Waals surface area contributed by atoms with Gasteiger partial charge in [-0.25, -0.2) is 0 Å². The molecule has 1 aromatic carbocycles. The number of imide groups is 2. The van der Waals surface area contributed by atoms with Gasteiger partial charge < -0.3 is 4.74 Å². The zero-order valence-corrected chi connectivity index (χ0v) is 14.3. The van der Waals surface area contributed by atoms with Gasteiger partial charge in [-0.1, -0.05) is 15.9 Å². The number of carbonyl (C=O) groups is 4. The SMILES string of the molecule is O=C1CCC(N2C(=O)c3ccc(OCCCBr)cc3C2=O)C(=O)N1. The Balaban J connectivity index is 1.83. The van der Waals surface area contributed by atoms with Gasteiger partial charge in [-0.3, -0.25) is 29.4 Å². The van der Waals surface area contributed by atoms with Crippen molar-refractivity contribution in [1.82, 2.24) is 10.2 Å². The third-order valence-corrected chi connectivity index (χ3v) is 4.52. The van der Waals surface area contributed by atoms with Gasteiger partial charge in [0, 0.05) is 11.8 Å². The third-order valence-electron chi connectivity index (χ3n) is 3.96. The van der Waals surface area contributed by atoms with Crippen LogP contribution in [0.15, 0.2) is 18.2 Å². The molecule has 7 nitrogen and oxygen atoms in total. The second-order valence-electron chi connectivity index (χ2n) is 5.55. The third kappa shape index (κ3) is 2.93. The van der Waals surface area contributed by atoms with Gasteiger partial charge in [0.1, 0.15) is 11.8 Å². The molecule has 1 fully saturated rings. The minimum absolute atomic E-state index is 0.102. The Kier molecular flexibility index (Phi) is 4.66. The molecule has 0 bridgehead atoms. The van der Waals surface area contributed by atoms with Crippen LogP contribution in [0.2, 0.25) is 0 Å². The Morgan fingerprint density at radius 1 is 1.17 bits per heavy atom. The monoisotopic (exact) mass is 394 g/mol. The highest BCUT2D eigenvalue weighted by molar-refractivity contribution is 9.09. The quantitative estimate of drug-likeness (QED) is 0.460. The first-order valence-corrected chi connectivity index (χ1v) is 8.69. The van der Waals surface area contributed by atoms with Gasteiger partial charge in [-0.05, 0) is 31.0 Å². The Hall–Kier alpha value is -2.22. The standard InChI is InChI=1S/C16H15BrN2O5/c17-6-1-7-24-9-2-3-10-11(8-9)16(23)19(15(10)22)12-4-5-13(20)18-14(12)21/h2-3,8,12H,1,4-7H2,(H,18,20,21). The lowest BCUT2D eigenvalue weighted by atomic mass is 10.0. The molecule has 0 aliphatic carbocycles. The summed E-state index contributed by atoms with van der Waals surface area (Å²) in [7, 11) is 0. The number of piperidine rings is 1. The molecule has 126 valence electrons. The molecule has 8 heteroatoms. The molecule has 2 aliphatic heterocycles. The Labute approximate surface area is 146 Å². The first kappa shape index (κ1) is 16.6. The van der Waals surface area contributed by atoms with Crippen molar-refractivity contribution in [1.29, 1.82) is 0 Å². The molecule has 3 rings (SSSR count). The average Bonchev–Trinajstić information content (AvgIpc) is 2.80. The summed E-state index contributed by atoms with van der Waals surface area (Å²) in [6.45, 7) is 0.489. The molecule has 2 heterocycles. The number of alkyl halides is 1. The number of ether oxygens (including phenoxy) is 1. The van der Waals surface area contributed by atoms with Crippen molar-refractivity contribution in [2.24, 2.45) is 0 Å². The van der Waals surface area contributed by atoms with Crippen molar-refractivity contribution < 1.29 is 23.9 Å². The predicted molar refractivity (Wildman–Crippen MR) is 87.0 cm³/mol. The number of benzene rings is 1. The first-order valence-electron chi connectivity index (χ1n) is 7.57. The predicted octanol–water partition coefficient (Wildman–Crippen LogP) is 1.25. The largest absolute Gasteiger partial charge is 0.494 e. The number of carbonyl (C=O) groups excluding carboxylic acids is 4. The van der Waals surface area contributed by atoms with Gasteiger partial charge in [0.05, 0.1) is 17.7 Å². The number of nitrogens with zero attached hydrogens (tertiary/aromatic N) is 1. The number of amides is 4. The molecule has 1 unspecified atom stereocenters. The fraction of sp³-hybridized carbons (Fsp3) is 0.375. The number of hydrogen-bond acceptors (Lipinski definition) is 5. The molecular formula is C16H15BrN2O5. The van der Waals surface area contributed by atoms with Crippen molar-refractivity contribution in [3.8, 4) is 5.75 Å². The average molecular weight is 395 g/mol. The van der Waals surface area contributed by atoms with Crippen LogP contribution in [-0.2, 0) is 9.59 Å². The summed E-state index contributed by atoms with van der Waals surface area (Å²) < 4.78 is 5.54. The van der Waals surface area contributed by atoms with Gasteiger partial charge >= 0.3 is 0 Å². The van der Waals surface area contributed by atoms with Crippen molar-refractivity contribution in [2.45, 2.75) is 25.3 Å². The second-order valence-corrected chi connectivity index (χ2v) is 6.34. The smallest absolute Gasteiger partial charge is 0.262 e. The molecule has 4 amide bonds. The summed E-state index contributed by atoms with van der Waals surface area (Å²) in [6.07, 6.45) is 1.06. The number of nitrogens with one attached hydrogen (secondary N) is 1. The summed E-state index contributed by atoms with van der Waals surface area (Å²) in [4.78, 5) is 49.2. The molecule has 0 radical (unpaired) electrons. The Morgan fingerprint density at radius 2 is 1.92 bits per heavy atom. The topological polar surface area (TPSA) is 92.8 Å². The summed E-state index contributed by atoms with van der Waals surface area (Å²) in [6, 6.07) is 3.74. The van der Waals surface area contributed by atoms with E-state index in [4.69, 9.17) is 4.74 Å². The normalized spacial score (nSPS) is 20.2. The van der Waals surface area contributed by atoms with Crippen LogP contribution in [0.3, 0.4) is 0 Å². The maximum Gasteiger partial charge on any atom is 0.262 e. The van der Waals surface area contributed by atoms with Crippen molar-refractivity contribution in [3.05, 3.63) is 29.3 Å². The van der Waals surface area contributed by atoms with Gasteiger partial charge in [0.2, 0.25) is 11.8 Å². The van der Waals surface area contributed by atoms with E-state index in [-0.39, 0.29) is 24.0 Å². The summed E-state index contributed by atoms with van der Waals surface area (Å²) in [5.41, 5.74) is 0.471. The minimum atomic E-state index is -0.951. The lowest BCUT2D eigenvalue weighted by Crippen LogP contribution is -2.54. The highest BCUT2D eigenvalue weighted by atomic mass is 79.9. The van der Waals surface area contributed by atoms with E-state index in [1.54, 1.807) is 6.07 Å². The molecule has 0 saturated carbocycles. The van der Waals surface area contributed by atoms with Crippen LogP contribution < -0.4 is 10.1 Å². The highest BCUT2D eigenvalue weighted by Gasteiger charge is 2.44. The van der Waals surface area contributed by atoms with Crippen LogP contribution in [-0.4, -0.2) is 46.5 Å². The van der Waals surface area contributed by atoms with E-state index in [0.717, 1.165) is 16.7 Å². The minimum Gasteiger partial charge on any atom is -0.494 e. The van der Waals surface area contributed by atoms with E-state index in [1.807, 2.05) is 0 Å². The number of halogens is 1. The lowest BCUT2D eigenvalue weighted by Gasteiger charge is -2.27. The number of rotatable bonds is 5. The molecule has 0 aromatic heterocycles. The molecule has 1 saturated heterocycles. The van der Waals surface area contributed by atoms with Crippen molar-refractivity contribution in [2.75, 3.05) is 11.9 Å². The number of hydrogen-bond donors (Lipinski definition) is 1. The molecule has 2 aliphatic rings. The van der Waals surface area contributed by atoms with Gasteiger partial charge in [0.15, 0.2) is 0 Å². The maximum absolute atomic E-state index is 12.6. The van der Waals surface area contributed by atoms with Gasteiger partial charge in [0.25, 0.3) is 11.8 Å². The van der Waals surface area contributed by atoms with Crippen LogP contribution in [0.1, 0.15) is 40.0 Å². The van der Waals surface area contributed by atoms with Crippen LogP contribution in [0.5, 0.6) is 5.75 Å². The molecule has 1 atom stereocenters. The van der Waals surface area contributed by atoms with Gasteiger partial charge in [-0.2, -0.15) is 0 Å². The van der Waals surface area contributed by atoms with Gasteiger partial charge in [-0.15, -0.1) is 0 Å². The summed E-state index contributed by atoms with van der Waals surface area (Å²) in [5, 5.41) is 2.97. The Morgan fingerprint density at radius 3 is 2.62 bits per heavy atom. The van der Waals surface area contributed by atoms with E-state index in [2.05, 4.69) is 21.2 Å². The molecule has 0 spiro atoms. The zero-order chi connectivity index (χ0) is 17.3.